The summed E-state index contributed by atoms with van der Waals surface area (Å²) in [5.41, 5.74) is 29.6. The molecule has 4 aliphatic rings. The minimum absolute atomic E-state index is 0.0319. The molecule has 1 aliphatic heterocycles. The highest BCUT2D eigenvalue weighted by Crippen LogP contribution is 2.66. The van der Waals surface area contributed by atoms with Gasteiger partial charge in [-0.25, -0.2) is 0 Å². The van der Waals surface area contributed by atoms with E-state index in [2.05, 4.69) is 330 Å². The summed E-state index contributed by atoms with van der Waals surface area (Å²) >= 11 is 0. The second kappa shape index (κ2) is 19.1. The molecule has 2 heterocycles. The number of benzene rings is 13. The Labute approximate surface area is 525 Å². The van der Waals surface area contributed by atoms with Gasteiger partial charge in [0, 0.05) is 44.4 Å². The molecule has 3 aliphatic carbocycles. The zero-order chi connectivity index (χ0) is 60.4. The van der Waals surface area contributed by atoms with E-state index in [-0.39, 0.29) is 10.8 Å². The average Bonchev–Trinajstić information content (AvgIpc) is 1.47. The summed E-state index contributed by atoms with van der Waals surface area (Å²) in [4.78, 5) is 2.51. The maximum absolute atomic E-state index is 7.61. The molecule has 90 heavy (non-hydrogen) atoms. The molecule has 3 heteroatoms. The van der Waals surface area contributed by atoms with Crippen LogP contribution in [0.4, 0.5) is 17.1 Å². The van der Waals surface area contributed by atoms with Crippen molar-refractivity contribution >= 4 is 71.6 Å². The van der Waals surface area contributed by atoms with Gasteiger partial charge in [-0.1, -0.05) is 254 Å². The highest BCUT2D eigenvalue weighted by molar-refractivity contribution is 6.30. The molecule has 0 amide bonds. The van der Waals surface area contributed by atoms with Crippen LogP contribution >= 0.6 is 0 Å². The Morgan fingerprint density at radius 3 is 1.62 bits per heavy atom. The maximum atomic E-state index is 7.61. The number of para-hydroxylation sites is 1. The molecule has 1 spiro atoms. The molecule has 0 fully saturated rings. The summed E-state index contributed by atoms with van der Waals surface area (Å²) in [6.45, 7) is 14.0. The van der Waals surface area contributed by atoms with Gasteiger partial charge in [0.2, 0.25) is 0 Å². The van der Waals surface area contributed by atoms with Crippen molar-refractivity contribution in [2.75, 3.05) is 4.90 Å². The summed E-state index contributed by atoms with van der Waals surface area (Å²) in [6.07, 6.45) is 0. The lowest BCUT2D eigenvalue weighted by atomic mass is 9.70. The fourth-order valence-corrected chi connectivity index (χ4v) is 16.0. The third-order valence-electron chi connectivity index (χ3n) is 20.0. The van der Waals surface area contributed by atoms with Gasteiger partial charge in [-0.15, -0.1) is 0 Å². The molecule has 3 nitrogen and oxygen atoms in total. The van der Waals surface area contributed by atoms with Crippen LogP contribution in [0.3, 0.4) is 0 Å². The van der Waals surface area contributed by atoms with Crippen LogP contribution in [0.5, 0.6) is 0 Å². The normalized spacial score (nSPS) is 13.3. The highest BCUT2D eigenvalue weighted by Gasteiger charge is 2.53. The summed E-state index contributed by atoms with van der Waals surface area (Å²) in [6, 6.07) is 105. The third-order valence-corrected chi connectivity index (χ3v) is 20.0. The van der Waals surface area contributed by atoms with Crippen molar-refractivity contribution in [1.29, 1.82) is 0 Å². The largest absolute Gasteiger partial charge is 0.455 e. The van der Waals surface area contributed by atoms with Crippen molar-refractivity contribution in [1.82, 2.24) is 4.57 Å². The lowest BCUT2D eigenvalue weighted by molar-refractivity contribution is 0.590. The molecule has 0 saturated carbocycles. The van der Waals surface area contributed by atoms with Crippen molar-refractivity contribution < 1.29 is 4.42 Å². The minimum atomic E-state index is -0.778. The molecule has 13 aromatic carbocycles. The number of anilines is 3. The van der Waals surface area contributed by atoms with Gasteiger partial charge in [0.1, 0.15) is 11.2 Å². The Bertz CT molecular complexity index is 5490. The molecular weight excluding hydrogens is 1090 g/mol. The average molecular weight is 1150 g/mol. The van der Waals surface area contributed by atoms with E-state index >= 15 is 0 Å². The Balaban J connectivity index is 0.976. The van der Waals surface area contributed by atoms with Crippen LogP contribution in [-0.4, -0.2) is 4.57 Å². The maximum Gasteiger partial charge on any atom is 0.145 e. The van der Waals surface area contributed by atoms with E-state index in [0.717, 1.165) is 66.9 Å². The van der Waals surface area contributed by atoms with E-state index < -0.39 is 5.41 Å². The Kier molecular flexibility index (Phi) is 11.1. The zero-order valence-corrected chi connectivity index (χ0v) is 51.4. The van der Waals surface area contributed by atoms with Gasteiger partial charge in [-0.3, -0.25) is 0 Å². The Morgan fingerprint density at radius 1 is 0.344 bits per heavy atom. The van der Waals surface area contributed by atoms with Gasteiger partial charge in [0.25, 0.3) is 0 Å². The topological polar surface area (TPSA) is 21.3 Å². The molecular formula is C87H64N2O. The molecule has 18 rings (SSSR count). The van der Waals surface area contributed by atoms with Gasteiger partial charge in [-0.2, -0.15) is 0 Å². The number of hydrogen-bond donors (Lipinski definition) is 0. The van der Waals surface area contributed by atoms with E-state index in [9.17, 15) is 0 Å². The number of aromatic nitrogens is 1. The SMILES string of the molecule is CC(C)(C)c1ccc(N(c2ccc3c(c2)C2(c4ccccc4-c4ccccc42)c2cc(-n4c5ccc(C(C)(C)C)c6c5-c5c6cccc5c5cc(-c6ccccc6)ccc54)c4c(oc5ccccc54)c2-3)c2ccc(-c3ccccc3)cc2-c2ccccc2)cc1. The number of fused-ring (bicyclic) bond motifs is 17. The first kappa shape index (κ1) is 52.4. The quantitative estimate of drug-likeness (QED) is 0.159. The van der Waals surface area contributed by atoms with Crippen LogP contribution in [-0.2, 0) is 16.2 Å². The van der Waals surface area contributed by atoms with Crippen molar-refractivity contribution in [3.05, 3.63) is 312 Å². The van der Waals surface area contributed by atoms with E-state index in [4.69, 9.17) is 4.42 Å². The van der Waals surface area contributed by atoms with Gasteiger partial charge in [0.15, 0.2) is 0 Å². The van der Waals surface area contributed by atoms with Gasteiger partial charge < -0.3 is 13.9 Å². The summed E-state index contributed by atoms with van der Waals surface area (Å²) in [5.74, 6) is 0. The number of nitrogens with zero attached hydrogens (tertiary/aromatic N) is 2. The third kappa shape index (κ3) is 7.41. The van der Waals surface area contributed by atoms with Crippen molar-refractivity contribution in [3.63, 3.8) is 0 Å². The smallest absolute Gasteiger partial charge is 0.145 e. The molecule has 14 aromatic rings. The van der Waals surface area contributed by atoms with Crippen LogP contribution in [0.1, 0.15) is 74.9 Å². The monoisotopic (exact) mass is 1150 g/mol. The first-order chi connectivity index (χ1) is 43.9. The predicted octanol–water partition coefficient (Wildman–Crippen LogP) is 23.8. The van der Waals surface area contributed by atoms with E-state index in [1.54, 1.807) is 0 Å². The number of rotatable bonds is 7. The fraction of sp³-hybridized carbons (Fsp3) is 0.103. The Hall–Kier alpha value is -10.7. The molecule has 0 saturated heterocycles. The molecule has 428 valence electrons. The second-order valence-electron chi connectivity index (χ2n) is 27.1. The molecule has 1 aromatic heterocycles. The summed E-state index contributed by atoms with van der Waals surface area (Å²) in [5, 5.41) is 7.32. The molecule has 0 radical (unpaired) electrons. The lowest BCUT2D eigenvalue weighted by Gasteiger charge is -2.33. The standard InChI is InChI=1S/C87H64N2O/c1-85(2,3)58-39-41-59(42-40-58)88(74-46-37-56(53-23-10-7-11-24-53)49-67(74)55-27-14-9-15-28-55)60-43-44-64-72(51-60)87(69-34-19-16-29-61(69)62-30-17-20-35-70(62)87)73-52-77(82-65-31-18-21-36-78(65)90-84(82)81(64)73)89-75-47-38-57(54-25-12-8-13-26-54)50-68(75)63-32-22-33-66-79(63)83-76(89)48-45-71(80(66)83)86(4,5)6/h7-52H,1-6H3. The van der Waals surface area contributed by atoms with Crippen molar-refractivity contribution in [2.45, 2.75) is 57.8 Å². The van der Waals surface area contributed by atoms with Gasteiger partial charge in [0.05, 0.1) is 33.2 Å². The van der Waals surface area contributed by atoms with Crippen LogP contribution in [0.25, 0.3) is 127 Å². The summed E-state index contributed by atoms with van der Waals surface area (Å²) < 4.78 is 10.2. The van der Waals surface area contributed by atoms with Crippen molar-refractivity contribution in [2.24, 2.45) is 0 Å². The fourth-order valence-electron chi connectivity index (χ4n) is 16.0. The molecule has 0 bridgehead atoms. The van der Waals surface area contributed by atoms with Crippen LogP contribution in [0.2, 0.25) is 0 Å². The molecule has 0 atom stereocenters. The number of furan rings is 1. The molecule has 0 unspecified atom stereocenters. The second-order valence-corrected chi connectivity index (χ2v) is 27.1. The highest BCUT2D eigenvalue weighted by atomic mass is 16.3. The van der Waals surface area contributed by atoms with Crippen LogP contribution in [0, 0.1) is 0 Å². The summed E-state index contributed by atoms with van der Waals surface area (Å²) in [7, 11) is 0. The van der Waals surface area contributed by atoms with Crippen LogP contribution in [0.15, 0.2) is 283 Å². The zero-order valence-electron chi connectivity index (χ0n) is 51.4. The van der Waals surface area contributed by atoms with Crippen LogP contribution < -0.4 is 4.90 Å². The first-order valence-corrected chi connectivity index (χ1v) is 31.7. The molecule has 0 N–H and O–H groups in total. The van der Waals surface area contributed by atoms with E-state index in [1.165, 1.54) is 111 Å². The predicted molar refractivity (Wildman–Crippen MR) is 378 cm³/mol. The van der Waals surface area contributed by atoms with E-state index in [1.807, 2.05) is 0 Å². The van der Waals surface area contributed by atoms with Gasteiger partial charge >= 0.3 is 0 Å². The van der Waals surface area contributed by atoms with Gasteiger partial charge in [-0.05, 0) is 172 Å². The first-order valence-electron chi connectivity index (χ1n) is 31.7. The Morgan fingerprint density at radius 2 is 0.933 bits per heavy atom. The van der Waals surface area contributed by atoms with Crippen molar-refractivity contribution in [3.8, 4) is 72.4 Å². The van der Waals surface area contributed by atoms with E-state index in [0.29, 0.717) is 0 Å². The number of hydrogen-bond acceptors (Lipinski definition) is 2. The minimum Gasteiger partial charge on any atom is -0.455 e. The lowest BCUT2D eigenvalue weighted by Crippen LogP contribution is -2.26.